The molecule has 0 atom stereocenters. The summed E-state index contributed by atoms with van der Waals surface area (Å²) in [6, 6.07) is 4.28. The highest BCUT2D eigenvalue weighted by Crippen LogP contribution is 2.25. The molecule has 0 spiro atoms. The van der Waals surface area contributed by atoms with Gasteiger partial charge in [-0.15, -0.1) is 0 Å². The molecule has 1 N–H and O–H groups in total. The molecule has 0 aromatic heterocycles. The van der Waals surface area contributed by atoms with Gasteiger partial charge in [-0.1, -0.05) is 12.1 Å². The summed E-state index contributed by atoms with van der Waals surface area (Å²) >= 11 is 0. The number of alkyl halides is 3. The van der Waals surface area contributed by atoms with Crippen LogP contribution < -0.4 is 0 Å². The summed E-state index contributed by atoms with van der Waals surface area (Å²) in [6.45, 7) is -0.0904. The lowest BCUT2D eigenvalue weighted by atomic mass is 10.2. The third-order valence-electron chi connectivity index (χ3n) is 2.63. The molecule has 0 aliphatic rings. The van der Waals surface area contributed by atoms with Gasteiger partial charge in [0.15, 0.2) is 0 Å². The highest BCUT2D eigenvalue weighted by molar-refractivity contribution is 7.89. The van der Waals surface area contributed by atoms with Crippen molar-refractivity contribution in [1.82, 2.24) is 4.31 Å². The Morgan fingerprint density at radius 1 is 1.29 bits per heavy atom. The molecular formula is C12H14F3NO4S. The number of rotatable bonds is 5. The van der Waals surface area contributed by atoms with Crippen LogP contribution in [-0.2, 0) is 14.8 Å². The molecule has 0 saturated heterocycles. The van der Waals surface area contributed by atoms with Crippen LogP contribution in [0.4, 0.5) is 13.2 Å². The molecule has 9 heteroatoms. The van der Waals surface area contributed by atoms with Gasteiger partial charge in [0.1, 0.15) is 13.1 Å². The topological polar surface area (TPSA) is 74.7 Å². The summed E-state index contributed by atoms with van der Waals surface area (Å²) in [6.07, 6.45) is -4.83. The molecule has 0 unspecified atom stereocenters. The zero-order valence-electron chi connectivity index (χ0n) is 11.3. The first kappa shape index (κ1) is 17.4. The lowest BCUT2D eigenvalue weighted by molar-refractivity contribution is -0.146. The number of hydrogen-bond acceptors (Lipinski definition) is 3. The van der Waals surface area contributed by atoms with E-state index >= 15 is 0 Å². The van der Waals surface area contributed by atoms with Crippen molar-refractivity contribution in [3.63, 3.8) is 0 Å². The number of carboxylic acids is 1. The molecule has 1 aromatic carbocycles. The molecule has 0 amide bonds. The molecule has 1 rings (SSSR count). The van der Waals surface area contributed by atoms with E-state index in [0.29, 0.717) is 5.56 Å². The van der Waals surface area contributed by atoms with E-state index in [4.69, 9.17) is 5.11 Å². The van der Waals surface area contributed by atoms with Crippen molar-refractivity contribution < 1.29 is 31.5 Å². The quantitative estimate of drug-likeness (QED) is 0.898. The summed E-state index contributed by atoms with van der Waals surface area (Å²) in [7, 11) is -4.55. The van der Waals surface area contributed by atoms with E-state index in [1.54, 1.807) is 13.0 Å². The first-order valence-electron chi connectivity index (χ1n) is 5.79. The summed E-state index contributed by atoms with van der Waals surface area (Å²) in [5.41, 5.74) is 0.791. The van der Waals surface area contributed by atoms with E-state index in [1.807, 2.05) is 0 Å². The van der Waals surface area contributed by atoms with Crippen molar-refractivity contribution in [3.05, 3.63) is 29.3 Å². The number of carboxylic acid groups (broad SMARTS) is 1. The van der Waals surface area contributed by atoms with Crippen molar-refractivity contribution in [2.45, 2.75) is 24.9 Å². The van der Waals surface area contributed by atoms with Crippen LogP contribution in [0, 0.1) is 13.8 Å². The van der Waals surface area contributed by atoms with Crippen molar-refractivity contribution in [2.24, 2.45) is 0 Å². The molecule has 0 fully saturated rings. The molecule has 0 aliphatic carbocycles. The highest BCUT2D eigenvalue weighted by atomic mass is 32.2. The van der Waals surface area contributed by atoms with Gasteiger partial charge in [-0.3, -0.25) is 4.79 Å². The van der Waals surface area contributed by atoms with E-state index < -0.39 is 35.3 Å². The third kappa shape index (κ3) is 4.71. The second kappa shape index (κ2) is 6.02. The van der Waals surface area contributed by atoms with Gasteiger partial charge in [0, 0.05) is 0 Å². The molecule has 0 aliphatic heterocycles. The molecule has 1 aromatic rings. The normalized spacial score (nSPS) is 12.7. The largest absolute Gasteiger partial charge is 0.480 e. The van der Waals surface area contributed by atoms with Crippen LogP contribution in [0.3, 0.4) is 0 Å². The van der Waals surface area contributed by atoms with Crippen LogP contribution in [0.2, 0.25) is 0 Å². The highest BCUT2D eigenvalue weighted by Gasteiger charge is 2.38. The van der Waals surface area contributed by atoms with E-state index in [0.717, 1.165) is 0 Å². The fraction of sp³-hybridized carbons (Fsp3) is 0.417. The molecule has 118 valence electrons. The summed E-state index contributed by atoms with van der Waals surface area (Å²) in [5, 5.41) is 8.64. The Labute approximate surface area is 120 Å². The Kier molecular flexibility index (Phi) is 5.00. The number of halogens is 3. The average molecular weight is 325 g/mol. The molecular weight excluding hydrogens is 311 g/mol. The van der Waals surface area contributed by atoms with E-state index in [9.17, 15) is 26.4 Å². The van der Waals surface area contributed by atoms with Gasteiger partial charge in [-0.05, 0) is 31.0 Å². The predicted molar refractivity (Wildman–Crippen MR) is 68.4 cm³/mol. The van der Waals surface area contributed by atoms with Crippen LogP contribution in [0.15, 0.2) is 23.1 Å². The number of sulfonamides is 1. The lowest BCUT2D eigenvalue weighted by Crippen LogP contribution is -2.42. The standard InChI is InChI=1S/C12H14F3NO4S/c1-8-3-4-9(2)10(5-8)21(19,20)16(6-11(17)18)7-12(13,14)15/h3-5H,6-7H2,1-2H3,(H,17,18). The Morgan fingerprint density at radius 3 is 2.33 bits per heavy atom. The summed E-state index contributed by atoms with van der Waals surface area (Å²) < 4.78 is 61.9. The minimum absolute atomic E-state index is 0.0862. The number of carbonyl (C=O) groups is 1. The number of benzene rings is 1. The maximum Gasteiger partial charge on any atom is 0.402 e. The van der Waals surface area contributed by atoms with Gasteiger partial charge in [-0.25, -0.2) is 8.42 Å². The van der Waals surface area contributed by atoms with Crippen molar-refractivity contribution >= 4 is 16.0 Å². The van der Waals surface area contributed by atoms with Gasteiger partial charge >= 0.3 is 12.1 Å². The number of hydrogen-bond donors (Lipinski definition) is 1. The Balaban J connectivity index is 3.32. The van der Waals surface area contributed by atoms with Crippen LogP contribution in [0.25, 0.3) is 0 Å². The van der Waals surface area contributed by atoms with Crippen molar-refractivity contribution in [2.75, 3.05) is 13.1 Å². The smallest absolute Gasteiger partial charge is 0.402 e. The van der Waals surface area contributed by atoms with E-state index in [2.05, 4.69) is 0 Å². The Hall–Kier alpha value is -1.61. The first-order valence-corrected chi connectivity index (χ1v) is 7.23. The minimum Gasteiger partial charge on any atom is -0.480 e. The SMILES string of the molecule is Cc1ccc(C)c(S(=O)(=O)N(CC(=O)O)CC(F)(F)F)c1. The van der Waals surface area contributed by atoms with E-state index in [-0.39, 0.29) is 14.8 Å². The van der Waals surface area contributed by atoms with Gasteiger partial charge < -0.3 is 5.11 Å². The number of aryl methyl sites for hydroxylation is 2. The van der Waals surface area contributed by atoms with Gasteiger partial charge in [0.05, 0.1) is 4.90 Å². The zero-order valence-corrected chi connectivity index (χ0v) is 12.1. The second-order valence-corrected chi connectivity index (χ2v) is 6.46. The van der Waals surface area contributed by atoms with Crippen molar-refractivity contribution in [3.8, 4) is 0 Å². The molecule has 5 nitrogen and oxygen atoms in total. The fourth-order valence-corrected chi connectivity index (χ4v) is 3.39. The summed E-state index contributed by atoms with van der Waals surface area (Å²) in [5.74, 6) is -1.66. The number of nitrogens with zero attached hydrogens (tertiary/aromatic N) is 1. The first-order chi connectivity index (χ1) is 9.43. The summed E-state index contributed by atoms with van der Waals surface area (Å²) in [4.78, 5) is 10.3. The molecule has 0 bridgehead atoms. The molecule has 21 heavy (non-hydrogen) atoms. The third-order valence-corrected chi connectivity index (χ3v) is 4.56. The van der Waals surface area contributed by atoms with Crippen LogP contribution in [0.1, 0.15) is 11.1 Å². The Morgan fingerprint density at radius 2 is 1.86 bits per heavy atom. The lowest BCUT2D eigenvalue weighted by Gasteiger charge is -2.22. The zero-order chi connectivity index (χ0) is 16.4. The predicted octanol–water partition coefficient (Wildman–Crippen LogP) is 1.94. The second-order valence-electron chi connectivity index (χ2n) is 4.55. The monoisotopic (exact) mass is 325 g/mol. The van der Waals surface area contributed by atoms with Crippen LogP contribution >= 0.6 is 0 Å². The average Bonchev–Trinajstić information content (AvgIpc) is 2.29. The van der Waals surface area contributed by atoms with Crippen LogP contribution in [0.5, 0.6) is 0 Å². The van der Waals surface area contributed by atoms with Gasteiger partial charge in [0.25, 0.3) is 0 Å². The minimum atomic E-state index is -4.83. The maximum atomic E-state index is 12.5. The van der Waals surface area contributed by atoms with Crippen molar-refractivity contribution in [1.29, 1.82) is 0 Å². The molecule has 0 heterocycles. The maximum absolute atomic E-state index is 12.5. The van der Waals surface area contributed by atoms with Gasteiger partial charge in [-0.2, -0.15) is 17.5 Å². The van der Waals surface area contributed by atoms with Crippen LogP contribution in [-0.4, -0.2) is 43.1 Å². The Bertz CT molecular complexity index is 640. The molecule has 0 saturated carbocycles. The molecule has 0 radical (unpaired) electrons. The van der Waals surface area contributed by atoms with Gasteiger partial charge in [0.2, 0.25) is 10.0 Å². The van der Waals surface area contributed by atoms with E-state index in [1.165, 1.54) is 19.1 Å². The number of aliphatic carboxylic acids is 1. The fourth-order valence-electron chi connectivity index (χ4n) is 1.70.